The fourth-order valence-electron chi connectivity index (χ4n) is 2.83. The minimum absolute atomic E-state index is 0.109. The van der Waals surface area contributed by atoms with E-state index in [4.69, 9.17) is 0 Å². The quantitative estimate of drug-likeness (QED) is 0.925. The van der Waals surface area contributed by atoms with Crippen molar-refractivity contribution in [3.63, 3.8) is 0 Å². The van der Waals surface area contributed by atoms with E-state index in [2.05, 4.69) is 17.3 Å². The van der Waals surface area contributed by atoms with Crippen LogP contribution in [0.1, 0.15) is 43.5 Å². The van der Waals surface area contributed by atoms with E-state index >= 15 is 0 Å². The maximum Gasteiger partial charge on any atom is 0.126 e. The van der Waals surface area contributed by atoms with Gasteiger partial charge in [0.05, 0.1) is 11.7 Å². The van der Waals surface area contributed by atoms with Crippen molar-refractivity contribution in [1.82, 2.24) is 9.78 Å². The van der Waals surface area contributed by atoms with Crippen LogP contribution in [0.15, 0.2) is 24.3 Å². The van der Waals surface area contributed by atoms with Crippen molar-refractivity contribution >= 4 is 5.82 Å². The largest absolute Gasteiger partial charge is 0.370 e. The summed E-state index contributed by atoms with van der Waals surface area (Å²) >= 11 is 0. The molecule has 5 heteroatoms. The molecule has 0 spiro atoms. The van der Waals surface area contributed by atoms with Gasteiger partial charge in [-0.05, 0) is 37.0 Å². The van der Waals surface area contributed by atoms with Crippen LogP contribution in [-0.4, -0.2) is 16.3 Å². The first kappa shape index (κ1) is 14.0. The molecular weight excluding hydrogens is 272 g/mol. The minimum atomic E-state index is -0.538. The molecule has 112 valence electrons. The average molecular weight is 291 g/mol. The lowest BCUT2D eigenvalue weighted by Crippen LogP contribution is -2.24. The molecule has 1 aliphatic rings. The highest BCUT2D eigenvalue weighted by atomic mass is 19.1. The fourth-order valence-corrected chi connectivity index (χ4v) is 2.83. The zero-order valence-corrected chi connectivity index (χ0v) is 12.1. The molecular formula is C16H19F2N3. The summed E-state index contributed by atoms with van der Waals surface area (Å²) in [7, 11) is 0. The van der Waals surface area contributed by atoms with Gasteiger partial charge in [-0.15, -0.1) is 0 Å². The van der Waals surface area contributed by atoms with E-state index in [-0.39, 0.29) is 6.04 Å². The Bertz CT molecular complexity index is 616. The van der Waals surface area contributed by atoms with Gasteiger partial charge in [0.1, 0.15) is 17.5 Å². The molecule has 2 aromatic rings. The lowest BCUT2D eigenvalue weighted by atomic mass is 10.0. The SMILES string of the molecule is CCCCc1cc2n(n1)C(c1cc(F)cc(F)c1)CCN2. The number of aromatic nitrogens is 2. The Kier molecular flexibility index (Phi) is 3.90. The summed E-state index contributed by atoms with van der Waals surface area (Å²) in [4.78, 5) is 0. The molecule has 1 aromatic carbocycles. The van der Waals surface area contributed by atoms with Crippen molar-refractivity contribution in [3.05, 3.63) is 47.2 Å². The number of rotatable bonds is 4. The number of hydrogen-bond acceptors (Lipinski definition) is 2. The predicted octanol–water partition coefficient (Wildman–Crippen LogP) is 3.91. The highest BCUT2D eigenvalue weighted by molar-refractivity contribution is 5.41. The fraction of sp³-hybridized carbons (Fsp3) is 0.438. The summed E-state index contributed by atoms with van der Waals surface area (Å²) in [6.07, 6.45) is 3.91. The van der Waals surface area contributed by atoms with Crippen molar-refractivity contribution in [2.45, 2.75) is 38.6 Å². The summed E-state index contributed by atoms with van der Waals surface area (Å²) in [5.74, 6) is -0.145. The first-order chi connectivity index (χ1) is 10.2. The van der Waals surface area contributed by atoms with E-state index in [9.17, 15) is 8.78 Å². The van der Waals surface area contributed by atoms with Gasteiger partial charge in [0.25, 0.3) is 0 Å². The highest BCUT2D eigenvalue weighted by Crippen LogP contribution is 2.31. The minimum Gasteiger partial charge on any atom is -0.370 e. The van der Waals surface area contributed by atoms with E-state index in [0.717, 1.165) is 49.8 Å². The van der Waals surface area contributed by atoms with E-state index < -0.39 is 11.6 Å². The van der Waals surface area contributed by atoms with E-state index in [1.807, 2.05) is 10.7 Å². The van der Waals surface area contributed by atoms with Gasteiger partial charge in [-0.2, -0.15) is 5.10 Å². The Balaban J connectivity index is 1.94. The molecule has 0 fully saturated rings. The van der Waals surface area contributed by atoms with Crippen LogP contribution in [-0.2, 0) is 6.42 Å². The number of nitrogens with one attached hydrogen (secondary N) is 1. The third kappa shape index (κ3) is 2.91. The first-order valence-corrected chi connectivity index (χ1v) is 7.45. The Morgan fingerprint density at radius 3 is 2.71 bits per heavy atom. The molecule has 0 saturated carbocycles. The maximum absolute atomic E-state index is 13.4. The van der Waals surface area contributed by atoms with Gasteiger partial charge >= 0.3 is 0 Å². The second kappa shape index (κ2) is 5.84. The number of unbranched alkanes of at least 4 members (excludes halogenated alkanes) is 1. The number of nitrogens with zero attached hydrogens (tertiary/aromatic N) is 2. The van der Waals surface area contributed by atoms with Gasteiger partial charge in [0, 0.05) is 18.7 Å². The van der Waals surface area contributed by atoms with E-state index in [1.165, 1.54) is 12.1 Å². The summed E-state index contributed by atoms with van der Waals surface area (Å²) in [5, 5.41) is 7.92. The first-order valence-electron chi connectivity index (χ1n) is 7.45. The van der Waals surface area contributed by atoms with Crippen molar-refractivity contribution in [3.8, 4) is 0 Å². The van der Waals surface area contributed by atoms with Gasteiger partial charge < -0.3 is 5.32 Å². The van der Waals surface area contributed by atoms with Crippen LogP contribution >= 0.6 is 0 Å². The molecule has 1 unspecified atom stereocenters. The topological polar surface area (TPSA) is 29.9 Å². The number of hydrogen-bond donors (Lipinski definition) is 1. The second-order valence-electron chi connectivity index (χ2n) is 5.50. The molecule has 1 aromatic heterocycles. The van der Waals surface area contributed by atoms with E-state index in [0.29, 0.717) is 5.56 Å². The number of fused-ring (bicyclic) bond motifs is 1. The van der Waals surface area contributed by atoms with Gasteiger partial charge in [-0.1, -0.05) is 13.3 Å². The van der Waals surface area contributed by atoms with Crippen LogP contribution in [0.5, 0.6) is 0 Å². The maximum atomic E-state index is 13.4. The Morgan fingerprint density at radius 1 is 1.24 bits per heavy atom. The third-order valence-corrected chi connectivity index (χ3v) is 3.86. The molecule has 0 aliphatic carbocycles. The molecule has 3 nitrogen and oxygen atoms in total. The number of anilines is 1. The number of halogens is 2. The zero-order valence-electron chi connectivity index (χ0n) is 12.1. The summed E-state index contributed by atoms with van der Waals surface area (Å²) < 4.78 is 28.8. The third-order valence-electron chi connectivity index (χ3n) is 3.86. The lowest BCUT2D eigenvalue weighted by Gasteiger charge is -2.26. The van der Waals surface area contributed by atoms with Gasteiger partial charge in [-0.25, -0.2) is 13.5 Å². The molecule has 3 rings (SSSR count). The van der Waals surface area contributed by atoms with Crippen molar-refractivity contribution < 1.29 is 8.78 Å². The summed E-state index contributed by atoms with van der Waals surface area (Å²) in [5.41, 5.74) is 1.67. The monoisotopic (exact) mass is 291 g/mol. The van der Waals surface area contributed by atoms with Crippen LogP contribution in [0, 0.1) is 11.6 Å². The molecule has 0 bridgehead atoms. The van der Waals surface area contributed by atoms with Crippen molar-refractivity contribution in [1.29, 1.82) is 0 Å². The van der Waals surface area contributed by atoms with Crippen LogP contribution in [0.3, 0.4) is 0 Å². The van der Waals surface area contributed by atoms with Crippen molar-refractivity contribution in [2.75, 3.05) is 11.9 Å². The molecule has 0 amide bonds. The Labute approximate surface area is 123 Å². The molecule has 0 radical (unpaired) electrons. The van der Waals surface area contributed by atoms with Crippen LogP contribution < -0.4 is 5.32 Å². The Morgan fingerprint density at radius 2 is 2.00 bits per heavy atom. The normalized spacial score (nSPS) is 17.4. The number of aryl methyl sites for hydroxylation is 1. The average Bonchev–Trinajstić information content (AvgIpc) is 2.86. The van der Waals surface area contributed by atoms with Crippen molar-refractivity contribution in [2.24, 2.45) is 0 Å². The lowest BCUT2D eigenvalue weighted by molar-refractivity contribution is 0.470. The smallest absolute Gasteiger partial charge is 0.126 e. The molecule has 21 heavy (non-hydrogen) atoms. The van der Waals surface area contributed by atoms with Crippen LogP contribution in [0.4, 0.5) is 14.6 Å². The molecule has 0 saturated heterocycles. The van der Waals surface area contributed by atoms with Crippen LogP contribution in [0.2, 0.25) is 0 Å². The van der Waals surface area contributed by atoms with Crippen LogP contribution in [0.25, 0.3) is 0 Å². The van der Waals surface area contributed by atoms with E-state index in [1.54, 1.807) is 0 Å². The summed E-state index contributed by atoms with van der Waals surface area (Å²) in [6, 6.07) is 5.63. The van der Waals surface area contributed by atoms with Gasteiger partial charge in [0.15, 0.2) is 0 Å². The molecule has 1 atom stereocenters. The molecule has 1 N–H and O–H groups in total. The molecule has 2 heterocycles. The zero-order chi connectivity index (χ0) is 14.8. The van der Waals surface area contributed by atoms with Gasteiger partial charge in [-0.3, -0.25) is 0 Å². The predicted molar refractivity (Wildman–Crippen MR) is 78.4 cm³/mol. The second-order valence-corrected chi connectivity index (χ2v) is 5.50. The standard InChI is InChI=1S/C16H19F2N3/c1-2-3-4-14-10-16-19-6-5-15(21(16)20-14)11-7-12(17)9-13(18)8-11/h7-10,15,19H,2-6H2,1H3. The van der Waals surface area contributed by atoms with Gasteiger partial charge in [0.2, 0.25) is 0 Å². The number of benzene rings is 1. The summed E-state index contributed by atoms with van der Waals surface area (Å²) in [6.45, 7) is 2.92. The highest BCUT2D eigenvalue weighted by Gasteiger charge is 2.24. The molecule has 1 aliphatic heterocycles. The Hall–Kier alpha value is -1.91.